The van der Waals surface area contributed by atoms with Crippen LogP contribution in [0, 0.1) is 5.92 Å². The van der Waals surface area contributed by atoms with Crippen LogP contribution in [0.5, 0.6) is 11.5 Å². The summed E-state index contributed by atoms with van der Waals surface area (Å²) in [5, 5.41) is 0. The predicted molar refractivity (Wildman–Crippen MR) is 96.9 cm³/mol. The molecule has 2 aromatic rings. The number of rotatable bonds is 4. The normalized spacial score (nSPS) is 23.8. The highest BCUT2D eigenvalue weighted by molar-refractivity contribution is 9.10. The van der Waals surface area contributed by atoms with E-state index in [0.29, 0.717) is 13.2 Å². The maximum atomic E-state index is 11.8. The third kappa shape index (κ3) is 3.38. The smallest absolute Gasteiger partial charge is 0.309 e. The lowest BCUT2D eigenvalue weighted by Crippen LogP contribution is -2.21. The van der Waals surface area contributed by atoms with Gasteiger partial charge in [0.2, 0.25) is 0 Å². The van der Waals surface area contributed by atoms with E-state index in [0.717, 1.165) is 33.5 Å². The number of halogens is 1. The Hall–Kier alpha value is -2.01. The molecule has 0 amide bonds. The zero-order valence-corrected chi connectivity index (χ0v) is 15.5. The minimum Gasteiger partial charge on any atom is -0.485 e. The molecule has 130 valence electrons. The molecule has 0 N–H and O–H groups in total. The van der Waals surface area contributed by atoms with Crippen LogP contribution >= 0.6 is 15.9 Å². The third-order valence-corrected chi connectivity index (χ3v) is 5.15. The lowest BCUT2D eigenvalue weighted by atomic mass is 10.1. The minimum absolute atomic E-state index is 0.0167. The van der Waals surface area contributed by atoms with Gasteiger partial charge in [-0.05, 0) is 54.7 Å². The maximum Gasteiger partial charge on any atom is 0.309 e. The molecule has 25 heavy (non-hydrogen) atoms. The summed E-state index contributed by atoms with van der Waals surface area (Å²) >= 11 is 3.49. The molecule has 0 aromatic heterocycles. The van der Waals surface area contributed by atoms with Gasteiger partial charge in [0, 0.05) is 4.47 Å². The molecule has 0 saturated heterocycles. The van der Waals surface area contributed by atoms with Crippen molar-refractivity contribution >= 4 is 21.9 Å². The summed E-state index contributed by atoms with van der Waals surface area (Å²) in [6.45, 7) is 2.74. The van der Waals surface area contributed by atoms with Crippen LogP contribution in [0.4, 0.5) is 0 Å². The van der Waals surface area contributed by atoms with E-state index in [4.69, 9.17) is 14.2 Å². The van der Waals surface area contributed by atoms with Gasteiger partial charge in [-0.1, -0.05) is 34.1 Å². The van der Waals surface area contributed by atoms with Gasteiger partial charge in [0.15, 0.2) is 17.6 Å². The first-order chi connectivity index (χ1) is 12.2. The number of hydrogen-bond acceptors (Lipinski definition) is 4. The van der Waals surface area contributed by atoms with Crippen LogP contribution in [0.25, 0.3) is 0 Å². The summed E-state index contributed by atoms with van der Waals surface area (Å²) in [6.07, 6.45) is 0.725. The van der Waals surface area contributed by atoms with E-state index in [1.54, 1.807) is 0 Å². The highest BCUT2D eigenvalue weighted by Crippen LogP contribution is 2.50. The molecule has 0 spiro atoms. The molecule has 1 fully saturated rings. The maximum absolute atomic E-state index is 11.8. The SMILES string of the molecule is CCOC(=O)C1CC1c1ccc2c(c1)OCC(c1cccc(Br)c1)O2. The van der Waals surface area contributed by atoms with Crippen molar-refractivity contribution in [3.63, 3.8) is 0 Å². The number of hydrogen-bond donors (Lipinski definition) is 0. The van der Waals surface area contributed by atoms with Gasteiger partial charge in [-0.25, -0.2) is 0 Å². The summed E-state index contributed by atoms with van der Waals surface area (Å²) in [5.74, 6) is 1.61. The molecule has 2 aliphatic rings. The fourth-order valence-electron chi connectivity index (χ4n) is 3.26. The van der Waals surface area contributed by atoms with E-state index in [1.165, 1.54) is 0 Å². The monoisotopic (exact) mass is 402 g/mol. The highest BCUT2D eigenvalue weighted by atomic mass is 79.9. The van der Waals surface area contributed by atoms with Crippen LogP contribution in [0.3, 0.4) is 0 Å². The van der Waals surface area contributed by atoms with Crippen molar-refractivity contribution in [1.29, 1.82) is 0 Å². The van der Waals surface area contributed by atoms with Crippen LogP contribution in [0.2, 0.25) is 0 Å². The van der Waals surface area contributed by atoms with Crippen molar-refractivity contribution in [3.05, 3.63) is 58.1 Å². The molecule has 1 saturated carbocycles. The Morgan fingerprint density at radius 1 is 1.20 bits per heavy atom. The van der Waals surface area contributed by atoms with Crippen molar-refractivity contribution in [2.24, 2.45) is 5.92 Å². The van der Waals surface area contributed by atoms with Crippen LogP contribution < -0.4 is 9.47 Å². The molecular weight excluding hydrogens is 384 g/mol. The Morgan fingerprint density at radius 3 is 2.88 bits per heavy atom. The van der Waals surface area contributed by atoms with Crippen molar-refractivity contribution in [2.45, 2.75) is 25.4 Å². The molecule has 0 bridgehead atoms. The first-order valence-corrected chi connectivity index (χ1v) is 9.30. The second kappa shape index (κ2) is 6.71. The van der Waals surface area contributed by atoms with Crippen molar-refractivity contribution in [3.8, 4) is 11.5 Å². The van der Waals surface area contributed by atoms with Crippen LogP contribution in [0.15, 0.2) is 46.9 Å². The molecular formula is C20H19BrO4. The zero-order valence-electron chi connectivity index (χ0n) is 13.9. The Bertz CT molecular complexity index is 804. The molecule has 3 atom stereocenters. The number of carbonyl (C=O) groups excluding carboxylic acids is 1. The standard InChI is InChI=1S/C20H19BrO4/c1-2-23-20(22)16-10-15(16)12-6-7-17-18(9-12)24-11-19(25-17)13-4-3-5-14(21)8-13/h3-9,15-16,19H,2,10-11H2,1H3. The minimum atomic E-state index is -0.121. The van der Waals surface area contributed by atoms with Gasteiger partial charge in [-0.3, -0.25) is 4.79 Å². The quantitative estimate of drug-likeness (QED) is 0.699. The Kier molecular flexibility index (Phi) is 4.42. The fourth-order valence-corrected chi connectivity index (χ4v) is 3.68. The number of esters is 1. The molecule has 2 aromatic carbocycles. The van der Waals surface area contributed by atoms with Crippen molar-refractivity contribution in [1.82, 2.24) is 0 Å². The summed E-state index contributed by atoms with van der Waals surface area (Å²) in [5.41, 5.74) is 2.19. The lowest BCUT2D eigenvalue weighted by molar-refractivity contribution is -0.144. The first-order valence-electron chi connectivity index (χ1n) is 8.51. The van der Waals surface area contributed by atoms with Crippen molar-refractivity contribution in [2.75, 3.05) is 13.2 Å². The summed E-state index contributed by atoms with van der Waals surface area (Å²) in [4.78, 5) is 11.8. The number of fused-ring (bicyclic) bond motifs is 1. The molecule has 1 aliphatic carbocycles. The van der Waals surface area contributed by atoms with Gasteiger partial charge in [0.25, 0.3) is 0 Å². The average Bonchev–Trinajstić information content (AvgIpc) is 3.42. The highest BCUT2D eigenvalue weighted by Gasteiger charge is 2.45. The van der Waals surface area contributed by atoms with E-state index in [2.05, 4.69) is 15.9 Å². The van der Waals surface area contributed by atoms with Crippen molar-refractivity contribution < 1.29 is 19.0 Å². The fraction of sp³-hybridized carbons (Fsp3) is 0.350. The van der Waals surface area contributed by atoms with Gasteiger partial charge in [-0.15, -0.1) is 0 Å². The second-order valence-electron chi connectivity index (χ2n) is 6.38. The first kappa shape index (κ1) is 16.5. The van der Waals surface area contributed by atoms with Crippen LogP contribution in [-0.4, -0.2) is 19.2 Å². The van der Waals surface area contributed by atoms with E-state index in [1.807, 2.05) is 49.4 Å². The van der Waals surface area contributed by atoms with E-state index < -0.39 is 0 Å². The number of benzene rings is 2. The van der Waals surface area contributed by atoms with Gasteiger partial charge in [0.05, 0.1) is 12.5 Å². The Balaban J connectivity index is 1.48. The summed E-state index contributed by atoms with van der Waals surface area (Å²) < 4.78 is 18.2. The summed E-state index contributed by atoms with van der Waals surface area (Å²) in [7, 11) is 0. The van der Waals surface area contributed by atoms with E-state index in [-0.39, 0.29) is 23.9 Å². The van der Waals surface area contributed by atoms with E-state index in [9.17, 15) is 4.79 Å². The van der Waals surface area contributed by atoms with Crippen LogP contribution in [0.1, 0.15) is 36.5 Å². The molecule has 3 unspecified atom stereocenters. The molecule has 4 nitrogen and oxygen atoms in total. The van der Waals surface area contributed by atoms with Gasteiger partial charge in [-0.2, -0.15) is 0 Å². The molecule has 1 aliphatic heterocycles. The van der Waals surface area contributed by atoms with Gasteiger partial charge in [0.1, 0.15) is 6.61 Å². The topological polar surface area (TPSA) is 44.8 Å². The predicted octanol–water partition coefficient (Wildman–Crippen LogP) is 4.63. The largest absolute Gasteiger partial charge is 0.485 e. The number of ether oxygens (including phenoxy) is 3. The Labute approximate surface area is 155 Å². The number of carbonyl (C=O) groups is 1. The molecule has 0 radical (unpaired) electrons. The van der Waals surface area contributed by atoms with Crippen LogP contribution in [-0.2, 0) is 9.53 Å². The average molecular weight is 403 g/mol. The van der Waals surface area contributed by atoms with Gasteiger partial charge >= 0.3 is 5.97 Å². The molecule has 5 heteroatoms. The third-order valence-electron chi connectivity index (χ3n) is 4.66. The molecule has 4 rings (SSSR count). The lowest BCUT2D eigenvalue weighted by Gasteiger charge is -2.27. The van der Waals surface area contributed by atoms with E-state index >= 15 is 0 Å². The zero-order chi connectivity index (χ0) is 17.4. The summed E-state index contributed by atoms with van der Waals surface area (Å²) in [6, 6.07) is 14.0. The van der Waals surface area contributed by atoms with Gasteiger partial charge < -0.3 is 14.2 Å². The Morgan fingerprint density at radius 2 is 2.08 bits per heavy atom. The molecule has 1 heterocycles. The second-order valence-corrected chi connectivity index (χ2v) is 7.30.